The molecule has 2 heterocycles. The van der Waals surface area contributed by atoms with Crippen molar-refractivity contribution < 1.29 is 14.3 Å². The van der Waals surface area contributed by atoms with Gasteiger partial charge in [0, 0.05) is 28.7 Å². The van der Waals surface area contributed by atoms with E-state index in [0.717, 1.165) is 47.2 Å². The molecule has 32 heavy (non-hydrogen) atoms. The van der Waals surface area contributed by atoms with Gasteiger partial charge in [-0.1, -0.05) is 32.0 Å². The zero-order valence-corrected chi connectivity index (χ0v) is 18.8. The standard InChI is InChI=1S/C26H29N3O3/c1-15(2)24(29-14-16-7-4-5-8-18(16)26(29)31)25(30)28-22-10-6-9-19-20-13-17(32-3)11-12-21(20)27-23(19)22/h4-5,7-8,11-13,15,22,24,27H,6,9-10,14H2,1-3H3,(H,28,30). The van der Waals surface area contributed by atoms with Crippen molar-refractivity contribution in [1.29, 1.82) is 0 Å². The minimum Gasteiger partial charge on any atom is -0.497 e. The van der Waals surface area contributed by atoms with Crippen LogP contribution in [0.15, 0.2) is 42.5 Å². The second-order valence-corrected chi connectivity index (χ2v) is 9.16. The predicted molar refractivity (Wildman–Crippen MR) is 124 cm³/mol. The molecule has 0 spiro atoms. The molecule has 0 radical (unpaired) electrons. The van der Waals surface area contributed by atoms with E-state index in [1.807, 2.05) is 50.2 Å². The van der Waals surface area contributed by atoms with E-state index in [2.05, 4.69) is 16.4 Å². The number of carbonyl (C=O) groups is 2. The number of amides is 2. The van der Waals surface area contributed by atoms with Gasteiger partial charge in [0.25, 0.3) is 5.91 Å². The molecule has 6 heteroatoms. The third-order valence-corrected chi connectivity index (χ3v) is 6.82. The molecule has 2 aromatic carbocycles. The number of rotatable bonds is 5. The van der Waals surface area contributed by atoms with Crippen molar-refractivity contribution in [3.63, 3.8) is 0 Å². The minimum absolute atomic E-state index is 0.00305. The van der Waals surface area contributed by atoms with Crippen LogP contribution < -0.4 is 10.1 Å². The summed E-state index contributed by atoms with van der Waals surface area (Å²) in [5.74, 6) is 0.687. The molecule has 166 valence electrons. The van der Waals surface area contributed by atoms with Crippen LogP contribution in [0.1, 0.15) is 59.9 Å². The van der Waals surface area contributed by atoms with E-state index in [-0.39, 0.29) is 23.8 Å². The largest absolute Gasteiger partial charge is 0.497 e. The topological polar surface area (TPSA) is 74.4 Å². The Kier molecular flexibility index (Phi) is 5.16. The van der Waals surface area contributed by atoms with E-state index in [1.165, 1.54) is 5.56 Å². The first kappa shape index (κ1) is 20.6. The molecule has 1 aliphatic carbocycles. The van der Waals surface area contributed by atoms with Gasteiger partial charge in [0.05, 0.1) is 13.2 Å². The van der Waals surface area contributed by atoms with Crippen LogP contribution in [0.2, 0.25) is 0 Å². The smallest absolute Gasteiger partial charge is 0.255 e. The average Bonchev–Trinajstić information content (AvgIpc) is 3.32. The van der Waals surface area contributed by atoms with E-state index in [9.17, 15) is 9.59 Å². The number of benzene rings is 2. The second kappa shape index (κ2) is 8.01. The number of hydrogen-bond acceptors (Lipinski definition) is 3. The van der Waals surface area contributed by atoms with Gasteiger partial charge in [0.2, 0.25) is 5.91 Å². The number of ether oxygens (including phenoxy) is 1. The highest BCUT2D eigenvalue weighted by Gasteiger charge is 2.39. The number of aromatic nitrogens is 1. The van der Waals surface area contributed by atoms with Gasteiger partial charge in [-0.15, -0.1) is 0 Å². The first-order chi connectivity index (χ1) is 15.5. The maximum Gasteiger partial charge on any atom is 0.255 e. The van der Waals surface area contributed by atoms with Crippen LogP contribution in [0.25, 0.3) is 10.9 Å². The van der Waals surface area contributed by atoms with Crippen molar-refractivity contribution in [3.8, 4) is 5.75 Å². The number of hydrogen-bond donors (Lipinski definition) is 2. The van der Waals surface area contributed by atoms with Gasteiger partial charge in [-0.05, 0) is 60.6 Å². The maximum absolute atomic E-state index is 13.5. The van der Waals surface area contributed by atoms with Crippen molar-refractivity contribution in [2.24, 2.45) is 5.92 Å². The number of aromatic amines is 1. The summed E-state index contributed by atoms with van der Waals surface area (Å²) in [6, 6.07) is 13.1. The van der Waals surface area contributed by atoms with Crippen LogP contribution in [0.3, 0.4) is 0 Å². The number of aryl methyl sites for hydroxylation is 1. The molecule has 2 atom stereocenters. The Hall–Kier alpha value is -3.28. The van der Waals surface area contributed by atoms with Crippen molar-refractivity contribution in [2.45, 2.75) is 51.7 Å². The minimum atomic E-state index is -0.509. The maximum atomic E-state index is 13.5. The Balaban J connectivity index is 1.42. The first-order valence-corrected chi connectivity index (χ1v) is 11.4. The Morgan fingerprint density at radius 3 is 2.78 bits per heavy atom. The summed E-state index contributed by atoms with van der Waals surface area (Å²) in [6.07, 6.45) is 2.85. The van der Waals surface area contributed by atoms with E-state index >= 15 is 0 Å². The highest BCUT2D eigenvalue weighted by Crippen LogP contribution is 2.36. The Morgan fingerprint density at radius 1 is 1.22 bits per heavy atom. The quantitative estimate of drug-likeness (QED) is 0.631. The van der Waals surface area contributed by atoms with Crippen LogP contribution in [-0.2, 0) is 17.8 Å². The molecule has 6 nitrogen and oxygen atoms in total. The Bertz CT molecular complexity index is 1200. The summed E-state index contributed by atoms with van der Waals surface area (Å²) < 4.78 is 5.40. The van der Waals surface area contributed by atoms with Crippen molar-refractivity contribution in [2.75, 3.05) is 7.11 Å². The third-order valence-electron chi connectivity index (χ3n) is 6.82. The van der Waals surface area contributed by atoms with Crippen LogP contribution >= 0.6 is 0 Å². The van der Waals surface area contributed by atoms with Crippen molar-refractivity contribution >= 4 is 22.7 Å². The molecule has 3 aromatic rings. The molecule has 0 bridgehead atoms. The zero-order valence-electron chi connectivity index (χ0n) is 18.8. The fraction of sp³-hybridized carbons (Fsp3) is 0.385. The van der Waals surface area contributed by atoms with Gasteiger partial charge >= 0.3 is 0 Å². The summed E-state index contributed by atoms with van der Waals surface area (Å²) in [4.78, 5) is 31.8. The molecule has 1 aliphatic heterocycles. The van der Waals surface area contributed by atoms with Crippen LogP contribution in [0.5, 0.6) is 5.75 Å². The number of nitrogens with one attached hydrogen (secondary N) is 2. The summed E-state index contributed by atoms with van der Waals surface area (Å²) in [5.41, 5.74) is 5.08. The normalized spacial score (nSPS) is 18.6. The molecule has 1 aromatic heterocycles. The zero-order chi connectivity index (χ0) is 22.4. The van der Waals surface area contributed by atoms with Crippen LogP contribution in [0.4, 0.5) is 0 Å². The molecule has 5 rings (SSSR count). The highest BCUT2D eigenvalue weighted by atomic mass is 16.5. The monoisotopic (exact) mass is 431 g/mol. The SMILES string of the molecule is COc1ccc2[nH]c3c(c2c1)CCCC3NC(=O)C(C(C)C)N1Cc2ccccc2C1=O. The van der Waals surface area contributed by atoms with Crippen molar-refractivity contribution in [3.05, 3.63) is 64.8 Å². The molecular weight excluding hydrogens is 402 g/mol. The number of fused-ring (bicyclic) bond motifs is 4. The van der Waals surface area contributed by atoms with Gasteiger partial charge in [0.1, 0.15) is 11.8 Å². The fourth-order valence-corrected chi connectivity index (χ4v) is 5.28. The molecule has 0 fully saturated rings. The molecule has 2 aliphatic rings. The molecule has 2 unspecified atom stereocenters. The fourth-order valence-electron chi connectivity index (χ4n) is 5.28. The van der Waals surface area contributed by atoms with Crippen LogP contribution in [-0.4, -0.2) is 34.8 Å². The lowest BCUT2D eigenvalue weighted by molar-refractivity contribution is -0.128. The van der Waals surface area contributed by atoms with Crippen LogP contribution in [0, 0.1) is 5.92 Å². The molecule has 2 N–H and O–H groups in total. The number of carbonyl (C=O) groups excluding carboxylic acids is 2. The van der Waals surface area contributed by atoms with Gasteiger partial charge in [-0.3, -0.25) is 9.59 Å². The molecular formula is C26H29N3O3. The van der Waals surface area contributed by atoms with Gasteiger partial charge in [-0.25, -0.2) is 0 Å². The lowest BCUT2D eigenvalue weighted by atomic mass is 9.91. The highest BCUT2D eigenvalue weighted by molar-refractivity contribution is 6.01. The second-order valence-electron chi connectivity index (χ2n) is 9.16. The molecule has 0 saturated carbocycles. The van der Waals surface area contributed by atoms with Gasteiger partial charge in [-0.2, -0.15) is 0 Å². The number of nitrogens with zero attached hydrogens (tertiary/aromatic N) is 1. The number of methoxy groups -OCH3 is 1. The lowest BCUT2D eigenvalue weighted by Gasteiger charge is -2.32. The summed E-state index contributed by atoms with van der Waals surface area (Å²) in [6.45, 7) is 4.48. The summed E-state index contributed by atoms with van der Waals surface area (Å²) in [7, 11) is 1.67. The Morgan fingerprint density at radius 2 is 2.03 bits per heavy atom. The molecule has 2 amide bonds. The first-order valence-electron chi connectivity index (χ1n) is 11.4. The van der Waals surface area contributed by atoms with Gasteiger partial charge < -0.3 is 19.9 Å². The van der Waals surface area contributed by atoms with E-state index < -0.39 is 6.04 Å². The van der Waals surface area contributed by atoms with E-state index in [1.54, 1.807) is 12.0 Å². The predicted octanol–water partition coefficient (Wildman–Crippen LogP) is 4.35. The summed E-state index contributed by atoms with van der Waals surface area (Å²) >= 11 is 0. The van der Waals surface area contributed by atoms with E-state index in [4.69, 9.17) is 4.74 Å². The lowest BCUT2D eigenvalue weighted by Crippen LogP contribution is -2.51. The summed E-state index contributed by atoms with van der Waals surface area (Å²) in [5, 5.41) is 4.43. The number of H-pyrrole nitrogens is 1. The van der Waals surface area contributed by atoms with Crippen molar-refractivity contribution in [1.82, 2.24) is 15.2 Å². The average molecular weight is 432 g/mol. The third kappa shape index (κ3) is 3.34. The van der Waals surface area contributed by atoms with E-state index in [0.29, 0.717) is 12.1 Å². The Labute approximate surface area is 187 Å². The molecule has 0 saturated heterocycles. The van der Waals surface area contributed by atoms with Gasteiger partial charge in [0.15, 0.2) is 0 Å².